The third kappa shape index (κ3) is 2.54. The first kappa shape index (κ1) is 16.7. The normalized spacial score (nSPS) is 30.6. The largest absolute Gasteiger partial charge is 0.387 e. The molecule has 0 aliphatic carbocycles. The summed E-state index contributed by atoms with van der Waals surface area (Å²) >= 11 is 0. The number of aliphatic hydroxyl groups excluding tert-OH is 2. The third-order valence-corrected chi connectivity index (χ3v) is 4.07. The summed E-state index contributed by atoms with van der Waals surface area (Å²) in [6.45, 7) is 2.43. The molecule has 2 aromatic rings. The van der Waals surface area contributed by atoms with Crippen molar-refractivity contribution >= 4 is 17.0 Å². The quantitative estimate of drug-likeness (QED) is 0.400. The number of aliphatic hydroxyl groups is 2. The summed E-state index contributed by atoms with van der Waals surface area (Å²) in [5.41, 5.74) is 12.0. The van der Waals surface area contributed by atoms with Gasteiger partial charge in [0.25, 0.3) is 0 Å². The average Bonchev–Trinajstić information content (AvgIpc) is 3.09. The molecule has 10 heteroatoms. The molecule has 10 nitrogen and oxygen atoms in total. The molecule has 0 unspecified atom stereocenters. The second kappa shape index (κ2) is 6.42. The maximum atomic E-state index is 10.6. The van der Waals surface area contributed by atoms with Gasteiger partial charge in [-0.25, -0.2) is 15.0 Å². The van der Waals surface area contributed by atoms with Crippen LogP contribution < -0.4 is 16.8 Å². The van der Waals surface area contributed by atoms with Crippen LogP contribution in [-0.4, -0.2) is 61.1 Å². The molecule has 0 radical (unpaired) electrons. The Morgan fingerprint density at radius 3 is 2.83 bits per heavy atom. The van der Waals surface area contributed by atoms with Gasteiger partial charge in [0.15, 0.2) is 11.5 Å². The van der Waals surface area contributed by atoms with Crippen molar-refractivity contribution in [2.24, 2.45) is 5.73 Å². The first-order valence-corrected chi connectivity index (χ1v) is 7.59. The number of imidazole rings is 1. The Kier molecular flexibility index (Phi) is 4.47. The highest BCUT2D eigenvalue weighted by molar-refractivity contribution is 5.81. The standard InChI is InChI=1S/C14H21N7O3/c1-8-10(22)11(23)14(24-8,20-5-3-2-4-15)21-7-19-9-12(16)17-6-18-13(9)21/h2-3,6-8,10-11,20,22-23H,4-5,15H2,1H3,(H2,16,17,18)/b3-2-/t8-,10-,11-,14+/m1/s1. The Morgan fingerprint density at radius 1 is 1.38 bits per heavy atom. The van der Waals surface area contributed by atoms with Crippen LogP contribution in [0.1, 0.15) is 6.92 Å². The molecule has 1 aliphatic heterocycles. The molecule has 7 N–H and O–H groups in total. The van der Waals surface area contributed by atoms with Crippen molar-refractivity contribution in [3.8, 4) is 0 Å². The molecule has 130 valence electrons. The zero-order valence-corrected chi connectivity index (χ0v) is 13.2. The zero-order chi connectivity index (χ0) is 17.3. The van der Waals surface area contributed by atoms with E-state index >= 15 is 0 Å². The molecule has 4 atom stereocenters. The molecule has 0 spiro atoms. The topological polar surface area (TPSA) is 157 Å². The fraction of sp³-hybridized carbons (Fsp3) is 0.500. The summed E-state index contributed by atoms with van der Waals surface area (Å²) in [7, 11) is 0. The Bertz CT molecular complexity index is 749. The smallest absolute Gasteiger partial charge is 0.234 e. The number of hydrogen-bond donors (Lipinski definition) is 5. The summed E-state index contributed by atoms with van der Waals surface area (Å²) < 4.78 is 7.41. The minimum Gasteiger partial charge on any atom is -0.387 e. The van der Waals surface area contributed by atoms with Gasteiger partial charge in [0, 0.05) is 13.1 Å². The number of fused-ring (bicyclic) bond motifs is 1. The number of nitrogens with zero attached hydrogens (tertiary/aromatic N) is 4. The van der Waals surface area contributed by atoms with E-state index in [0.29, 0.717) is 24.3 Å². The van der Waals surface area contributed by atoms with Gasteiger partial charge < -0.3 is 26.4 Å². The van der Waals surface area contributed by atoms with Crippen molar-refractivity contribution in [2.75, 3.05) is 18.8 Å². The number of nitrogen functional groups attached to an aromatic ring is 1. The lowest BCUT2D eigenvalue weighted by molar-refractivity contribution is -0.158. The highest BCUT2D eigenvalue weighted by Crippen LogP contribution is 2.35. The van der Waals surface area contributed by atoms with Crippen molar-refractivity contribution in [3.05, 3.63) is 24.8 Å². The maximum Gasteiger partial charge on any atom is 0.234 e. The van der Waals surface area contributed by atoms with E-state index in [9.17, 15) is 10.2 Å². The summed E-state index contributed by atoms with van der Waals surface area (Å²) in [5, 5.41) is 23.9. The van der Waals surface area contributed by atoms with Gasteiger partial charge in [0.05, 0.1) is 6.10 Å². The molecule has 0 amide bonds. The van der Waals surface area contributed by atoms with Crippen LogP contribution in [-0.2, 0) is 10.6 Å². The second-order valence-electron chi connectivity index (χ2n) is 5.59. The minimum absolute atomic E-state index is 0.220. The van der Waals surface area contributed by atoms with Gasteiger partial charge in [-0.15, -0.1) is 0 Å². The molecule has 3 heterocycles. The Labute approximate surface area is 138 Å². The molecule has 0 bridgehead atoms. The van der Waals surface area contributed by atoms with Crippen LogP contribution in [0, 0.1) is 0 Å². The lowest BCUT2D eigenvalue weighted by Gasteiger charge is -2.34. The lowest BCUT2D eigenvalue weighted by Crippen LogP contribution is -2.56. The first-order chi connectivity index (χ1) is 11.5. The monoisotopic (exact) mass is 335 g/mol. The number of nitrogens with two attached hydrogens (primary N) is 2. The fourth-order valence-corrected chi connectivity index (χ4v) is 2.82. The SMILES string of the molecule is C[C@H]1O[C@@](NC/C=C\CN)(n2cnc3c(N)ncnc32)[C@H](O)[C@@H]1O. The number of aromatic nitrogens is 4. The van der Waals surface area contributed by atoms with Gasteiger partial charge in [0.2, 0.25) is 5.85 Å². The van der Waals surface area contributed by atoms with Crippen molar-refractivity contribution in [1.29, 1.82) is 0 Å². The summed E-state index contributed by atoms with van der Waals surface area (Å²) in [4.78, 5) is 12.3. The molecule has 2 aromatic heterocycles. The fourth-order valence-electron chi connectivity index (χ4n) is 2.82. The van der Waals surface area contributed by atoms with Crippen LogP contribution in [0.5, 0.6) is 0 Å². The van der Waals surface area contributed by atoms with Crippen molar-refractivity contribution < 1.29 is 14.9 Å². The van der Waals surface area contributed by atoms with Crippen molar-refractivity contribution in [3.63, 3.8) is 0 Å². The van der Waals surface area contributed by atoms with Crippen LogP contribution in [0.2, 0.25) is 0 Å². The number of ether oxygens (including phenoxy) is 1. The molecule has 24 heavy (non-hydrogen) atoms. The van der Waals surface area contributed by atoms with Crippen molar-refractivity contribution in [1.82, 2.24) is 24.8 Å². The number of anilines is 1. The van der Waals surface area contributed by atoms with E-state index in [2.05, 4.69) is 20.3 Å². The Morgan fingerprint density at radius 2 is 2.17 bits per heavy atom. The molecule has 3 rings (SSSR count). The van der Waals surface area contributed by atoms with Gasteiger partial charge in [0.1, 0.15) is 30.4 Å². The summed E-state index contributed by atoms with van der Waals surface area (Å²) in [6, 6.07) is 0. The van der Waals surface area contributed by atoms with Crippen LogP contribution in [0.25, 0.3) is 11.2 Å². The molecule has 1 saturated heterocycles. The van der Waals surface area contributed by atoms with E-state index in [1.54, 1.807) is 19.1 Å². The number of hydrogen-bond acceptors (Lipinski definition) is 9. The van der Waals surface area contributed by atoms with Crippen LogP contribution in [0.3, 0.4) is 0 Å². The maximum absolute atomic E-state index is 10.6. The van der Waals surface area contributed by atoms with E-state index < -0.39 is 24.2 Å². The van der Waals surface area contributed by atoms with Crippen molar-refractivity contribution in [2.45, 2.75) is 31.1 Å². The van der Waals surface area contributed by atoms with Crippen LogP contribution >= 0.6 is 0 Å². The second-order valence-corrected chi connectivity index (χ2v) is 5.59. The zero-order valence-electron chi connectivity index (χ0n) is 13.2. The number of rotatable bonds is 5. The molecular weight excluding hydrogens is 314 g/mol. The van der Waals surface area contributed by atoms with Crippen LogP contribution in [0.4, 0.5) is 5.82 Å². The third-order valence-electron chi connectivity index (χ3n) is 4.07. The van der Waals surface area contributed by atoms with E-state index in [1.807, 2.05) is 0 Å². The van der Waals surface area contributed by atoms with Gasteiger partial charge in [-0.3, -0.25) is 9.88 Å². The lowest BCUT2D eigenvalue weighted by atomic mass is 10.1. The van der Waals surface area contributed by atoms with E-state index in [-0.39, 0.29) is 5.82 Å². The average molecular weight is 335 g/mol. The highest BCUT2D eigenvalue weighted by atomic mass is 16.6. The van der Waals surface area contributed by atoms with E-state index in [1.165, 1.54) is 17.2 Å². The van der Waals surface area contributed by atoms with Gasteiger partial charge >= 0.3 is 0 Å². The molecular formula is C14H21N7O3. The predicted molar refractivity (Wildman–Crippen MR) is 86.5 cm³/mol. The minimum atomic E-state index is -1.44. The molecule has 0 saturated carbocycles. The highest BCUT2D eigenvalue weighted by Gasteiger charge is 2.54. The molecule has 1 fully saturated rings. The predicted octanol–water partition coefficient (Wildman–Crippen LogP) is -1.74. The van der Waals surface area contributed by atoms with E-state index in [0.717, 1.165) is 0 Å². The Balaban J connectivity index is 2.07. The van der Waals surface area contributed by atoms with Gasteiger partial charge in [-0.05, 0) is 6.92 Å². The summed E-state index contributed by atoms with van der Waals surface area (Å²) in [6.07, 6.45) is 3.41. The Hall–Kier alpha value is -2.11. The molecule has 1 aliphatic rings. The molecule has 0 aromatic carbocycles. The van der Waals surface area contributed by atoms with E-state index in [4.69, 9.17) is 16.2 Å². The number of nitrogens with one attached hydrogen (secondary N) is 1. The van der Waals surface area contributed by atoms with Gasteiger partial charge in [-0.2, -0.15) is 0 Å². The van der Waals surface area contributed by atoms with Gasteiger partial charge in [-0.1, -0.05) is 12.2 Å². The first-order valence-electron chi connectivity index (χ1n) is 7.59. The van der Waals surface area contributed by atoms with Crippen LogP contribution in [0.15, 0.2) is 24.8 Å². The summed E-state index contributed by atoms with van der Waals surface area (Å²) in [5.74, 6) is -1.22.